The van der Waals surface area contributed by atoms with Gasteiger partial charge in [-0.3, -0.25) is 4.79 Å². The summed E-state index contributed by atoms with van der Waals surface area (Å²) < 4.78 is 5.06. The number of hydrogen-bond acceptors (Lipinski definition) is 4. The van der Waals surface area contributed by atoms with E-state index in [1.807, 2.05) is 20.8 Å². The summed E-state index contributed by atoms with van der Waals surface area (Å²) in [5.41, 5.74) is 0.951. The van der Waals surface area contributed by atoms with Gasteiger partial charge in [-0.25, -0.2) is 0 Å². The first-order valence-corrected chi connectivity index (χ1v) is 6.33. The molecule has 3 N–H and O–H groups in total. The largest absolute Gasteiger partial charge is 0.504 e. The van der Waals surface area contributed by atoms with Crippen molar-refractivity contribution in [1.29, 1.82) is 0 Å². The molecule has 5 heteroatoms. The molecular weight excluding hydrogens is 244 g/mol. The average Bonchev–Trinajstić information content (AvgIpc) is 2.35. The van der Waals surface area contributed by atoms with Gasteiger partial charge in [0.05, 0.1) is 13.7 Å². The summed E-state index contributed by atoms with van der Waals surface area (Å²) in [6, 6.07) is 5.27. The molecule has 1 amide bonds. The summed E-state index contributed by atoms with van der Waals surface area (Å²) >= 11 is 0. The molecule has 0 saturated heterocycles. The van der Waals surface area contributed by atoms with Crippen molar-refractivity contribution in [2.75, 3.05) is 13.7 Å². The van der Waals surface area contributed by atoms with Crippen LogP contribution < -0.4 is 15.4 Å². The lowest BCUT2D eigenvalue weighted by Crippen LogP contribution is -2.38. The Morgan fingerprint density at radius 1 is 1.37 bits per heavy atom. The van der Waals surface area contributed by atoms with Gasteiger partial charge in [-0.15, -0.1) is 0 Å². The van der Waals surface area contributed by atoms with E-state index in [-0.39, 0.29) is 30.3 Å². The van der Waals surface area contributed by atoms with Crippen molar-refractivity contribution in [3.8, 4) is 11.5 Å². The lowest BCUT2D eigenvalue weighted by Gasteiger charge is -2.16. The van der Waals surface area contributed by atoms with E-state index in [4.69, 9.17) is 4.74 Å². The highest BCUT2D eigenvalue weighted by molar-refractivity contribution is 5.78. The van der Waals surface area contributed by atoms with Gasteiger partial charge >= 0.3 is 0 Å². The number of aromatic hydroxyl groups is 1. The van der Waals surface area contributed by atoms with Crippen LogP contribution in [-0.2, 0) is 4.79 Å². The summed E-state index contributed by atoms with van der Waals surface area (Å²) in [4.78, 5) is 11.5. The molecule has 0 aliphatic carbocycles. The number of phenols is 1. The average molecular weight is 266 g/mol. The Kier molecular flexibility index (Phi) is 5.63. The minimum Gasteiger partial charge on any atom is -0.504 e. The molecule has 1 aromatic carbocycles. The van der Waals surface area contributed by atoms with Crippen LogP contribution in [0.15, 0.2) is 18.2 Å². The zero-order valence-corrected chi connectivity index (χ0v) is 11.9. The van der Waals surface area contributed by atoms with Crippen LogP contribution in [0.1, 0.15) is 32.4 Å². The second-order valence-corrected chi connectivity index (χ2v) is 4.76. The van der Waals surface area contributed by atoms with Gasteiger partial charge < -0.3 is 20.5 Å². The molecule has 0 aromatic heterocycles. The molecule has 0 spiro atoms. The van der Waals surface area contributed by atoms with Crippen LogP contribution in [0.2, 0.25) is 0 Å². The smallest absolute Gasteiger partial charge is 0.234 e. The van der Waals surface area contributed by atoms with E-state index in [0.29, 0.717) is 5.75 Å². The van der Waals surface area contributed by atoms with Gasteiger partial charge in [0.15, 0.2) is 11.5 Å². The normalized spacial score (nSPS) is 12.3. The van der Waals surface area contributed by atoms with Crippen LogP contribution in [0.25, 0.3) is 0 Å². The van der Waals surface area contributed by atoms with E-state index < -0.39 is 0 Å². The number of hydrogen-bond donors (Lipinski definition) is 3. The lowest BCUT2D eigenvalue weighted by molar-refractivity contribution is -0.120. The van der Waals surface area contributed by atoms with E-state index in [1.165, 1.54) is 7.11 Å². The topological polar surface area (TPSA) is 70.6 Å². The number of rotatable bonds is 6. The molecule has 0 radical (unpaired) electrons. The van der Waals surface area contributed by atoms with Crippen LogP contribution >= 0.6 is 0 Å². The fraction of sp³-hybridized carbons (Fsp3) is 0.500. The number of nitrogens with one attached hydrogen (secondary N) is 2. The van der Waals surface area contributed by atoms with Crippen molar-refractivity contribution in [2.45, 2.75) is 32.9 Å². The number of ether oxygens (including phenoxy) is 1. The number of carbonyl (C=O) groups excluding carboxylic acids is 1. The SMILES string of the molecule is COc1cc(C(C)NCC(=O)NC(C)C)ccc1O. The molecule has 5 nitrogen and oxygen atoms in total. The Hall–Kier alpha value is -1.75. The van der Waals surface area contributed by atoms with Crippen LogP contribution in [-0.4, -0.2) is 30.7 Å². The number of phenolic OH excluding ortho intramolecular Hbond substituents is 1. The van der Waals surface area contributed by atoms with Gasteiger partial charge in [0.25, 0.3) is 0 Å². The highest BCUT2D eigenvalue weighted by Gasteiger charge is 2.10. The lowest BCUT2D eigenvalue weighted by atomic mass is 10.1. The Morgan fingerprint density at radius 2 is 2.05 bits per heavy atom. The number of amides is 1. The zero-order valence-electron chi connectivity index (χ0n) is 11.9. The van der Waals surface area contributed by atoms with Crippen LogP contribution in [0.3, 0.4) is 0 Å². The summed E-state index contributed by atoms with van der Waals surface area (Å²) in [6.45, 7) is 6.05. The third-order valence-corrected chi connectivity index (χ3v) is 2.72. The van der Waals surface area contributed by atoms with Crippen molar-refractivity contribution in [3.63, 3.8) is 0 Å². The number of carbonyl (C=O) groups is 1. The Labute approximate surface area is 114 Å². The van der Waals surface area contributed by atoms with Gasteiger partial charge in [-0.1, -0.05) is 6.07 Å². The molecular formula is C14H22N2O3. The van der Waals surface area contributed by atoms with E-state index in [9.17, 15) is 9.90 Å². The maximum absolute atomic E-state index is 11.5. The maximum atomic E-state index is 11.5. The minimum absolute atomic E-state index is 0.00703. The van der Waals surface area contributed by atoms with Gasteiger partial charge in [0.2, 0.25) is 5.91 Å². The van der Waals surface area contributed by atoms with Crippen LogP contribution in [0.4, 0.5) is 0 Å². The third-order valence-electron chi connectivity index (χ3n) is 2.72. The highest BCUT2D eigenvalue weighted by atomic mass is 16.5. The van der Waals surface area contributed by atoms with E-state index in [1.54, 1.807) is 18.2 Å². The number of methoxy groups -OCH3 is 1. The van der Waals surface area contributed by atoms with E-state index in [0.717, 1.165) is 5.56 Å². The fourth-order valence-electron chi connectivity index (χ4n) is 1.70. The molecule has 1 atom stereocenters. The van der Waals surface area contributed by atoms with Crippen molar-refractivity contribution in [2.24, 2.45) is 0 Å². The molecule has 19 heavy (non-hydrogen) atoms. The molecule has 0 saturated carbocycles. The van der Waals surface area contributed by atoms with Crippen molar-refractivity contribution in [1.82, 2.24) is 10.6 Å². The fourth-order valence-corrected chi connectivity index (χ4v) is 1.70. The van der Waals surface area contributed by atoms with Crippen molar-refractivity contribution in [3.05, 3.63) is 23.8 Å². The predicted octanol–water partition coefficient (Wildman–Crippen LogP) is 1.58. The van der Waals surface area contributed by atoms with E-state index >= 15 is 0 Å². The van der Waals surface area contributed by atoms with E-state index in [2.05, 4.69) is 10.6 Å². The summed E-state index contributed by atoms with van der Waals surface area (Å²) in [5.74, 6) is 0.501. The first-order valence-electron chi connectivity index (χ1n) is 6.33. The minimum atomic E-state index is -0.0346. The molecule has 0 fully saturated rings. The van der Waals surface area contributed by atoms with Crippen molar-refractivity contribution < 1.29 is 14.6 Å². The second-order valence-electron chi connectivity index (χ2n) is 4.76. The molecule has 106 valence electrons. The quantitative estimate of drug-likeness (QED) is 0.731. The first-order chi connectivity index (χ1) is 8.93. The van der Waals surface area contributed by atoms with Crippen molar-refractivity contribution >= 4 is 5.91 Å². The highest BCUT2D eigenvalue weighted by Crippen LogP contribution is 2.28. The Bertz CT molecular complexity index is 433. The molecule has 0 aliphatic rings. The predicted molar refractivity (Wildman–Crippen MR) is 74.4 cm³/mol. The summed E-state index contributed by atoms with van der Waals surface area (Å²) in [5, 5.41) is 15.5. The Morgan fingerprint density at radius 3 is 2.63 bits per heavy atom. The zero-order chi connectivity index (χ0) is 14.4. The third kappa shape index (κ3) is 4.79. The molecule has 1 aromatic rings. The van der Waals surface area contributed by atoms with Gasteiger partial charge in [-0.2, -0.15) is 0 Å². The van der Waals surface area contributed by atoms with Gasteiger partial charge in [0.1, 0.15) is 0 Å². The van der Waals surface area contributed by atoms with Crippen LogP contribution in [0, 0.1) is 0 Å². The Balaban J connectivity index is 2.58. The second kappa shape index (κ2) is 6.99. The van der Waals surface area contributed by atoms with Crippen LogP contribution in [0.5, 0.6) is 11.5 Å². The molecule has 0 bridgehead atoms. The number of benzene rings is 1. The maximum Gasteiger partial charge on any atom is 0.234 e. The molecule has 0 heterocycles. The molecule has 1 unspecified atom stereocenters. The summed E-state index contributed by atoms with van der Waals surface area (Å²) in [7, 11) is 1.51. The molecule has 1 rings (SSSR count). The standard InChI is InChI=1S/C14H22N2O3/c1-9(2)16-14(18)8-15-10(3)11-5-6-12(17)13(7-11)19-4/h5-7,9-10,15,17H,8H2,1-4H3,(H,16,18). The summed E-state index contributed by atoms with van der Waals surface area (Å²) in [6.07, 6.45) is 0. The van der Waals surface area contributed by atoms with Gasteiger partial charge in [-0.05, 0) is 38.5 Å². The van der Waals surface area contributed by atoms with Gasteiger partial charge in [0, 0.05) is 12.1 Å². The molecule has 0 aliphatic heterocycles. The monoisotopic (exact) mass is 266 g/mol. The first kappa shape index (κ1) is 15.3.